The summed E-state index contributed by atoms with van der Waals surface area (Å²) in [6.45, 7) is 9.00. The second-order valence-electron chi connectivity index (χ2n) is 8.82. The van der Waals surface area contributed by atoms with Gasteiger partial charge in [-0.25, -0.2) is 0 Å². The predicted octanol–water partition coefficient (Wildman–Crippen LogP) is 3.90. The molecule has 2 aromatic carbocycles. The molecule has 0 aliphatic carbocycles. The number of carbonyl (C=O) groups is 2. The minimum Gasteiger partial charge on any atom is -0.481 e. The van der Waals surface area contributed by atoms with Crippen molar-refractivity contribution in [3.63, 3.8) is 0 Å². The van der Waals surface area contributed by atoms with Crippen LogP contribution in [0.5, 0.6) is 5.75 Å². The highest BCUT2D eigenvalue weighted by molar-refractivity contribution is 5.81. The van der Waals surface area contributed by atoms with E-state index in [1.165, 1.54) is 5.56 Å². The normalized spacial score (nSPS) is 19.1. The molecule has 0 spiro atoms. The zero-order chi connectivity index (χ0) is 23.4. The molecule has 1 saturated heterocycles. The molecule has 0 N–H and O–H groups in total. The van der Waals surface area contributed by atoms with Crippen LogP contribution in [-0.4, -0.2) is 60.6 Å². The Labute approximate surface area is 196 Å². The number of aryl methyl sites for hydroxylation is 1. The molecule has 6 heteroatoms. The number of carbonyl (C=O) groups excluding carboxylic acids is 2. The minimum atomic E-state index is -0.532. The van der Waals surface area contributed by atoms with Crippen molar-refractivity contribution in [3.05, 3.63) is 64.7 Å². The highest BCUT2D eigenvalue weighted by Crippen LogP contribution is 2.38. The molecule has 1 fully saturated rings. The van der Waals surface area contributed by atoms with Gasteiger partial charge in [0.15, 0.2) is 6.10 Å². The van der Waals surface area contributed by atoms with Crippen molar-refractivity contribution in [2.75, 3.05) is 32.8 Å². The lowest BCUT2D eigenvalue weighted by Gasteiger charge is -2.38. The monoisotopic (exact) mass is 450 g/mol. The molecule has 2 atom stereocenters. The number of hydrogen-bond donors (Lipinski definition) is 0. The molecule has 2 aliphatic heterocycles. The van der Waals surface area contributed by atoms with Crippen LogP contribution in [0, 0.1) is 6.92 Å². The van der Waals surface area contributed by atoms with Crippen LogP contribution in [0.1, 0.15) is 55.0 Å². The van der Waals surface area contributed by atoms with Crippen LogP contribution in [0.4, 0.5) is 0 Å². The third-order valence-corrected chi connectivity index (χ3v) is 6.57. The van der Waals surface area contributed by atoms with Gasteiger partial charge in [-0.15, -0.1) is 0 Å². The van der Waals surface area contributed by atoms with Gasteiger partial charge >= 0.3 is 0 Å². The fraction of sp³-hybridized carbons (Fsp3) is 0.481. The quantitative estimate of drug-likeness (QED) is 0.670. The molecular formula is C27H34N2O4. The molecule has 0 saturated carbocycles. The Morgan fingerprint density at radius 3 is 2.58 bits per heavy atom. The number of benzene rings is 2. The van der Waals surface area contributed by atoms with Crippen molar-refractivity contribution >= 4 is 11.8 Å². The Bertz CT molecular complexity index is 999. The zero-order valence-corrected chi connectivity index (χ0v) is 19.9. The molecule has 0 bridgehead atoms. The molecule has 33 heavy (non-hydrogen) atoms. The van der Waals surface area contributed by atoms with Crippen molar-refractivity contribution < 1.29 is 19.1 Å². The first-order valence-electron chi connectivity index (χ1n) is 12.0. The Morgan fingerprint density at radius 2 is 1.88 bits per heavy atom. The van der Waals surface area contributed by atoms with Crippen LogP contribution in [0.2, 0.25) is 0 Å². The summed E-state index contributed by atoms with van der Waals surface area (Å²) in [5.74, 6) is 0.828. The van der Waals surface area contributed by atoms with Gasteiger partial charge in [-0.05, 0) is 48.6 Å². The first-order chi connectivity index (χ1) is 16.0. The van der Waals surface area contributed by atoms with Gasteiger partial charge < -0.3 is 19.3 Å². The summed E-state index contributed by atoms with van der Waals surface area (Å²) in [5, 5.41) is 0. The molecule has 2 amide bonds. The van der Waals surface area contributed by atoms with Crippen LogP contribution in [-0.2, 0) is 20.7 Å². The predicted molar refractivity (Wildman–Crippen MR) is 127 cm³/mol. The minimum absolute atomic E-state index is 0.0107. The van der Waals surface area contributed by atoms with E-state index in [2.05, 4.69) is 31.2 Å². The average Bonchev–Trinajstić information content (AvgIpc) is 2.86. The third-order valence-electron chi connectivity index (χ3n) is 6.57. The van der Waals surface area contributed by atoms with Gasteiger partial charge in [-0.1, -0.05) is 49.7 Å². The van der Waals surface area contributed by atoms with Gasteiger partial charge in [0.05, 0.1) is 19.3 Å². The lowest BCUT2D eigenvalue weighted by Crippen LogP contribution is -2.47. The summed E-state index contributed by atoms with van der Waals surface area (Å²) in [4.78, 5) is 29.7. The van der Waals surface area contributed by atoms with Crippen LogP contribution >= 0.6 is 0 Å². The maximum atomic E-state index is 13.0. The molecule has 4 rings (SSSR count). The van der Waals surface area contributed by atoms with E-state index in [1.54, 1.807) is 0 Å². The van der Waals surface area contributed by atoms with Gasteiger partial charge in [0.25, 0.3) is 5.91 Å². The van der Waals surface area contributed by atoms with E-state index < -0.39 is 6.10 Å². The topological polar surface area (TPSA) is 59.1 Å². The smallest absolute Gasteiger partial charge is 0.263 e. The number of amides is 2. The van der Waals surface area contributed by atoms with E-state index >= 15 is 0 Å². The van der Waals surface area contributed by atoms with Crippen molar-refractivity contribution in [1.82, 2.24) is 9.80 Å². The highest BCUT2D eigenvalue weighted by Gasteiger charge is 2.32. The van der Waals surface area contributed by atoms with Crippen molar-refractivity contribution in [2.24, 2.45) is 0 Å². The van der Waals surface area contributed by atoms with Crippen molar-refractivity contribution in [1.29, 1.82) is 0 Å². The Morgan fingerprint density at radius 1 is 1.09 bits per heavy atom. The number of morpholine rings is 1. The standard InChI is InChI=1S/C27H34N2O4/c1-4-24(27(31)28-13-15-32-16-14-28)33-22-10-9-20-11-12-29(25(30)5-2)26(23(20)18-22)21-8-6-7-19(3)17-21/h6-10,17-18,24,26H,4-5,11-16H2,1-3H3/t24-,26+/m1/s1. The largest absolute Gasteiger partial charge is 0.481 e. The average molecular weight is 451 g/mol. The summed E-state index contributed by atoms with van der Waals surface area (Å²) >= 11 is 0. The van der Waals surface area contributed by atoms with Crippen molar-refractivity contribution in [3.8, 4) is 5.75 Å². The maximum Gasteiger partial charge on any atom is 0.263 e. The number of rotatable bonds is 6. The molecule has 0 aromatic heterocycles. The second kappa shape index (κ2) is 10.4. The Kier molecular flexibility index (Phi) is 7.33. The van der Waals surface area contributed by atoms with Gasteiger partial charge in [0.1, 0.15) is 5.75 Å². The van der Waals surface area contributed by atoms with Crippen LogP contribution < -0.4 is 4.74 Å². The first kappa shape index (κ1) is 23.3. The summed E-state index contributed by atoms with van der Waals surface area (Å²) in [7, 11) is 0. The lowest BCUT2D eigenvalue weighted by atomic mass is 9.87. The molecule has 0 radical (unpaired) electrons. The lowest BCUT2D eigenvalue weighted by molar-refractivity contribution is -0.143. The van der Waals surface area contributed by atoms with E-state index in [-0.39, 0.29) is 17.9 Å². The van der Waals surface area contributed by atoms with E-state index in [9.17, 15) is 9.59 Å². The van der Waals surface area contributed by atoms with Crippen LogP contribution in [0.15, 0.2) is 42.5 Å². The third kappa shape index (κ3) is 5.06. The maximum absolute atomic E-state index is 13.0. The Hall–Kier alpha value is -2.86. The molecule has 2 aliphatic rings. The number of hydrogen-bond acceptors (Lipinski definition) is 4. The van der Waals surface area contributed by atoms with Crippen molar-refractivity contribution in [2.45, 2.75) is 52.2 Å². The fourth-order valence-electron chi connectivity index (χ4n) is 4.80. The van der Waals surface area contributed by atoms with Crippen LogP contribution in [0.25, 0.3) is 0 Å². The SMILES string of the molecule is CCC(=O)N1CCc2ccc(O[C@H](CC)C(=O)N3CCOCC3)cc2[C@@H]1c1cccc(C)c1. The molecule has 2 aromatic rings. The molecule has 2 heterocycles. The van der Waals surface area contributed by atoms with Gasteiger partial charge in [0.2, 0.25) is 5.91 Å². The van der Waals surface area contributed by atoms with E-state index in [4.69, 9.17) is 9.47 Å². The highest BCUT2D eigenvalue weighted by atomic mass is 16.5. The molecule has 6 nitrogen and oxygen atoms in total. The first-order valence-corrected chi connectivity index (χ1v) is 12.0. The number of fused-ring (bicyclic) bond motifs is 1. The number of nitrogens with zero attached hydrogens (tertiary/aromatic N) is 2. The van der Waals surface area contributed by atoms with Crippen LogP contribution in [0.3, 0.4) is 0 Å². The zero-order valence-electron chi connectivity index (χ0n) is 19.9. The van der Waals surface area contributed by atoms with E-state index in [1.807, 2.05) is 41.8 Å². The Balaban J connectivity index is 1.65. The molecule has 176 valence electrons. The summed E-state index contributed by atoms with van der Waals surface area (Å²) in [6.07, 6.45) is 1.35. The molecular weight excluding hydrogens is 416 g/mol. The van der Waals surface area contributed by atoms with Gasteiger partial charge in [-0.3, -0.25) is 9.59 Å². The summed E-state index contributed by atoms with van der Waals surface area (Å²) in [6, 6.07) is 14.3. The second-order valence-corrected chi connectivity index (χ2v) is 8.82. The van der Waals surface area contributed by atoms with Gasteiger partial charge in [-0.2, -0.15) is 0 Å². The fourth-order valence-corrected chi connectivity index (χ4v) is 4.80. The van der Waals surface area contributed by atoms with E-state index in [0.29, 0.717) is 51.4 Å². The molecule has 0 unspecified atom stereocenters. The van der Waals surface area contributed by atoms with E-state index in [0.717, 1.165) is 23.1 Å². The number of ether oxygens (including phenoxy) is 2. The van der Waals surface area contributed by atoms with Gasteiger partial charge in [0, 0.05) is 26.1 Å². The summed E-state index contributed by atoms with van der Waals surface area (Å²) in [5.41, 5.74) is 4.57. The summed E-state index contributed by atoms with van der Waals surface area (Å²) < 4.78 is 11.6.